The summed E-state index contributed by atoms with van der Waals surface area (Å²) >= 11 is 0. The lowest BCUT2D eigenvalue weighted by Gasteiger charge is -2.07. The van der Waals surface area contributed by atoms with Crippen molar-refractivity contribution in [3.05, 3.63) is 12.7 Å². The normalized spacial score (nSPS) is 31.0. The van der Waals surface area contributed by atoms with Crippen LogP contribution in [0.25, 0.3) is 0 Å². The van der Waals surface area contributed by atoms with Gasteiger partial charge in [-0.05, 0) is 13.3 Å². The number of hydrogen-bond acceptors (Lipinski definition) is 3. The molecule has 4 nitrogen and oxygen atoms in total. The van der Waals surface area contributed by atoms with E-state index in [-0.39, 0.29) is 0 Å². The minimum atomic E-state index is 0.556. The van der Waals surface area contributed by atoms with Gasteiger partial charge in [0.05, 0.1) is 0 Å². The Morgan fingerprint density at radius 1 is 1.45 bits per heavy atom. The van der Waals surface area contributed by atoms with Gasteiger partial charge < -0.3 is 9.88 Å². The van der Waals surface area contributed by atoms with Gasteiger partial charge in [0.1, 0.15) is 12.7 Å². The second-order valence-corrected chi connectivity index (χ2v) is 3.11. The molecular formula is C7H12N4. The molecule has 0 aliphatic carbocycles. The van der Waals surface area contributed by atoms with E-state index in [1.54, 1.807) is 12.7 Å². The van der Waals surface area contributed by atoms with E-state index in [4.69, 9.17) is 0 Å². The number of hydrogen-bond donors (Lipinski definition) is 1. The monoisotopic (exact) mass is 152 g/mol. The van der Waals surface area contributed by atoms with Crippen LogP contribution in [0.5, 0.6) is 0 Å². The van der Waals surface area contributed by atoms with Gasteiger partial charge in [-0.1, -0.05) is 0 Å². The molecule has 0 radical (unpaired) electrons. The second-order valence-electron chi connectivity index (χ2n) is 3.11. The Hall–Kier alpha value is -0.900. The van der Waals surface area contributed by atoms with Gasteiger partial charge in [-0.2, -0.15) is 0 Å². The van der Waals surface area contributed by atoms with Crippen molar-refractivity contribution in [2.45, 2.75) is 25.4 Å². The van der Waals surface area contributed by atoms with Crippen LogP contribution in [-0.4, -0.2) is 27.4 Å². The van der Waals surface area contributed by atoms with Crippen molar-refractivity contribution in [1.29, 1.82) is 0 Å². The first-order valence-corrected chi connectivity index (χ1v) is 3.94. The van der Waals surface area contributed by atoms with Crippen LogP contribution in [0, 0.1) is 0 Å². The van der Waals surface area contributed by atoms with E-state index in [9.17, 15) is 0 Å². The van der Waals surface area contributed by atoms with Gasteiger partial charge in [0, 0.05) is 18.6 Å². The highest BCUT2D eigenvalue weighted by atomic mass is 15.3. The molecule has 60 valence electrons. The van der Waals surface area contributed by atoms with Crippen LogP contribution in [-0.2, 0) is 0 Å². The zero-order valence-electron chi connectivity index (χ0n) is 6.57. The first-order valence-electron chi connectivity index (χ1n) is 3.94. The lowest BCUT2D eigenvalue weighted by atomic mass is 10.2. The highest BCUT2D eigenvalue weighted by Crippen LogP contribution is 2.17. The fraction of sp³-hybridized carbons (Fsp3) is 0.714. The predicted molar refractivity (Wildman–Crippen MR) is 41.1 cm³/mol. The quantitative estimate of drug-likeness (QED) is 0.625. The van der Waals surface area contributed by atoms with Crippen LogP contribution < -0.4 is 5.32 Å². The summed E-state index contributed by atoms with van der Waals surface area (Å²) in [5.74, 6) is 0. The van der Waals surface area contributed by atoms with Gasteiger partial charge in [0.15, 0.2) is 0 Å². The molecule has 1 fully saturated rings. The molecule has 2 rings (SSSR count). The van der Waals surface area contributed by atoms with E-state index in [0.717, 1.165) is 6.54 Å². The van der Waals surface area contributed by atoms with Crippen molar-refractivity contribution in [1.82, 2.24) is 20.1 Å². The Morgan fingerprint density at radius 2 is 2.18 bits per heavy atom. The Kier molecular flexibility index (Phi) is 1.62. The average Bonchev–Trinajstić information content (AvgIpc) is 2.55. The molecule has 0 spiro atoms. The molecule has 1 unspecified atom stereocenters. The van der Waals surface area contributed by atoms with Gasteiger partial charge in [0.2, 0.25) is 0 Å². The fourth-order valence-electron chi connectivity index (χ4n) is 1.54. The van der Waals surface area contributed by atoms with Crippen LogP contribution in [0.15, 0.2) is 12.7 Å². The Labute approximate surface area is 65.6 Å². The molecule has 0 bridgehead atoms. The van der Waals surface area contributed by atoms with Crippen molar-refractivity contribution >= 4 is 0 Å². The summed E-state index contributed by atoms with van der Waals surface area (Å²) in [6.07, 6.45) is 4.74. The first kappa shape index (κ1) is 6.79. The molecule has 1 aromatic heterocycles. The molecule has 0 amide bonds. The maximum absolute atomic E-state index is 3.78. The van der Waals surface area contributed by atoms with Crippen molar-refractivity contribution in [2.75, 3.05) is 6.54 Å². The molecule has 2 atom stereocenters. The third-order valence-corrected chi connectivity index (χ3v) is 2.19. The highest BCUT2D eigenvalue weighted by Gasteiger charge is 2.21. The summed E-state index contributed by atoms with van der Waals surface area (Å²) < 4.78 is 2.07. The van der Waals surface area contributed by atoms with Crippen LogP contribution >= 0.6 is 0 Å². The van der Waals surface area contributed by atoms with Crippen LogP contribution in [0.2, 0.25) is 0 Å². The molecule has 1 saturated heterocycles. The average molecular weight is 152 g/mol. The summed E-state index contributed by atoms with van der Waals surface area (Å²) in [5.41, 5.74) is 0. The maximum atomic E-state index is 3.78. The highest BCUT2D eigenvalue weighted by molar-refractivity contribution is 4.84. The molecule has 11 heavy (non-hydrogen) atoms. The Morgan fingerprint density at radius 3 is 2.73 bits per heavy atom. The summed E-state index contributed by atoms with van der Waals surface area (Å²) in [6.45, 7) is 3.24. The first-order chi connectivity index (χ1) is 5.36. The molecule has 0 aromatic carbocycles. The van der Waals surface area contributed by atoms with Gasteiger partial charge in [-0.25, -0.2) is 0 Å². The topological polar surface area (TPSA) is 42.7 Å². The summed E-state index contributed by atoms with van der Waals surface area (Å²) in [6, 6.07) is 1.18. The second kappa shape index (κ2) is 2.62. The number of aromatic nitrogens is 3. The summed E-state index contributed by atoms with van der Waals surface area (Å²) in [4.78, 5) is 0. The zero-order chi connectivity index (χ0) is 7.68. The van der Waals surface area contributed by atoms with Crippen molar-refractivity contribution in [3.8, 4) is 0 Å². The number of rotatable bonds is 1. The van der Waals surface area contributed by atoms with Crippen LogP contribution in [0.3, 0.4) is 0 Å². The van der Waals surface area contributed by atoms with E-state index in [1.165, 1.54) is 6.42 Å². The van der Waals surface area contributed by atoms with Crippen molar-refractivity contribution < 1.29 is 0 Å². The van der Waals surface area contributed by atoms with Crippen LogP contribution in [0.1, 0.15) is 19.4 Å². The summed E-state index contributed by atoms with van der Waals surface area (Å²) in [7, 11) is 0. The van der Waals surface area contributed by atoms with Crippen LogP contribution in [0.4, 0.5) is 0 Å². The van der Waals surface area contributed by atoms with Crippen molar-refractivity contribution in [3.63, 3.8) is 0 Å². The molecular weight excluding hydrogens is 140 g/mol. The van der Waals surface area contributed by atoms with E-state index < -0.39 is 0 Å². The van der Waals surface area contributed by atoms with E-state index in [0.29, 0.717) is 12.1 Å². The molecule has 1 N–H and O–H groups in total. The fourth-order valence-corrected chi connectivity index (χ4v) is 1.54. The third kappa shape index (κ3) is 1.26. The van der Waals surface area contributed by atoms with Gasteiger partial charge in [-0.15, -0.1) is 10.2 Å². The molecule has 1 aliphatic heterocycles. The Balaban J connectivity index is 2.08. The van der Waals surface area contributed by atoms with Crippen molar-refractivity contribution in [2.24, 2.45) is 0 Å². The van der Waals surface area contributed by atoms with E-state index in [1.807, 2.05) is 0 Å². The molecule has 4 heteroatoms. The minimum Gasteiger partial charge on any atom is -0.316 e. The van der Waals surface area contributed by atoms with Gasteiger partial charge >= 0.3 is 0 Å². The zero-order valence-corrected chi connectivity index (χ0v) is 6.57. The predicted octanol–water partition coefficient (Wildman–Crippen LogP) is 0.201. The number of nitrogens with one attached hydrogen (secondary N) is 1. The molecule has 1 aromatic rings. The van der Waals surface area contributed by atoms with Gasteiger partial charge in [-0.3, -0.25) is 0 Å². The largest absolute Gasteiger partial charge is 0.316 e. The smallest absolute Gasteiger partial charge is 0.119 e. The minimum absolute atomic E-state index is 0.556. The summed E-state index contributed by atoms with van der Waals surface area (Å²) in [5, 5.41) is 10.9. The number of nitrogens with zero attached hydrogens (tertiary/aromatic N) is 3. The van der Waals surface area contributed by atoms with E-state index in [2.05, 4.69) is 27.0 Å². The maximum Gasteiger partial charge on any atom is 0.119 e. The molecule has 2 heterocycles. The molecule has 0 saturated carbocycles. The lowest BCUT2D eigenvalue weighted by molar-refractivity contribution is 0.534. The van der Waals surface area contributed by atoms with Gasteiger partial charge in [0.25, 0.3) is 0 Å². The standard InChI is InChI=1S/C7H12N4/c1-6-2-7(3-8-6)11-4-9-10-5-11/h4-8H,2-3H2,1H3/t6?,7-/m1/s1. The molecule has 1 aliphatic rings. The third-order valence-electron chi connectivity index (χ3n) is 2.19. The van der Waals surface area contributed by atoms with E-state index >= 15 is 0 Å². The SMILES string of the molecule is CC1C[C@@H](n2cnnc2)CN1. The Bertz CT molecular complexity index is 218. The lowest BCUT2D eigenvalue weighted by Crippen LogP contribution is -2.17.